The molecule has 0 unspecified atom stereocenters. The van der Waals surface area contributed by atoms with Gasteiger partial charge in [-0.05, 0) is 37.1 Å². The molecule has 0 fully saturated rings. The van der Waals surface area contributed by atoms with Gasteiger partial charge < -0.3 is 0 Å². The van der Waals surface area contributed by atoms with Crippen molar-refractivity contribution in [1.29, 1.82) is 0 Å². The fourth-order valence-electron chi connectivity index (χ4n) is 1.03. The maximum Gasteiger partial charge on any atom is 0.0196 e. The van der Waals surface area contributed by atoms with Gasteiger partial charge in [0.15, 0.2) is 0 Å². The molecule has 1 aromatic carbocycles. The van der Waals surface area contributed by atoms with Crippen molar-refractivity contribution in [3.8, 4) is 0 Å². The molecule has 0 saturated heterocycles. The average Bonchev–Trinajstić information content (AvgIpc) is 2.19. The molecule has 0 amide bonds. The zero-order valence-corrected chi connectivity index (χ0v) is 10.4. The molecule has 0 nitrogen and oxygen atoms in total. The summed E-state index contributed by atoms with van der Waals surface area (Å²) in [6.07, 6.45) is 0. The number of hydrogen-bond acceptors (Lipinski definition) is 2. The Morgan fingerprint density at radius 2 is 2.07 bits per heavy atom. The molecule has 14 heavy (non-hydrogen) atoms. The van der Waals surface area contributed by atoms with E-state index < -0.39 is 0 Å². The summed E-state index contributed by atoms with van der Waals surface area (Å²) in [5.74, 6) is 1.74. The molecule has 0 aromatic heterocycles. The minimum absolute atomic E-state index is 0.776. The predicted octanol–water partition coefficient (Wildman–Crippen LogP) is 3.88. The Morgan fingerprint density at radius 1 is 1.36 bits per heavy atom. The van der Waals surface area contributed by atoms with Gasteiger partial charge in [0.1, 0.15) is 0 Å². The Kier molecular flexibility index (Phi) is 4.63. The molecule has 2 heteroatoms. The first-order valence-electron chi connectivity index (χ1n) is 4.61. The maximum atomic E-state index is 4.19. The lowest BCUT2D eigenvalue weighted by Crippen LogP contribution is -1.87. The van der Waals surface area contributed by atoms with E-state index in [0.717, 1.165) is 11.5 Å². The van der Waals surface area contributed by atoms with Crippen molar-refractivity contribution in [3.63, 3.8) is 0 Å². The molecule has 0 aliphatic carbocycles. The summed E-state index contributed by atoms with van der Waals surface area (Å²) in [7, 11) is 0. The molecule has 76 valence electrons. The molecule has 0 spiro atoms. The van der Waals surface area contributed by atoms with Crippen molar-refractivity contribution >= 4 is 24.4 Å². The lowest BCUT2D eigenvalue weighted by molar-refractivity contribution is 1.28. The minimum Gasteiger partial charge on any atom is -0.175 e. The van der Waals surface area contributed by atoms with Crippen molar-refractivity contribution in [2.75, 3.05) is 11.5 Å². The zero-order valence-electron chi connectivity index (χ0n) is 8.71. The zero-order chi connectivity index (χ0) is 10.6. The van der Waals surface area contributed by atoms with E-state index in [9.17, 15) is 0 Å². The van der Waals surface area contributed by atoms with E-state index in [1.807, 2.05) is 11.8 Å². The van der Waals surface area contributed by atoms with Gasteiger partial charge in [-0.1, -0.05) is 18.2 Å². The van der Waals surface area contributed by atoms with Gasteiger partial charge in [-0.2, -0.15) is 12.6 Å². The molecule has 0 aliphatic rings. The quantitative estimate of drug-likeness (QED) is 0.460. The average molecular weight is 224 g/mol. The summed E-state index contributed by atoms with van der Waals surface area (Å²) in [6, 6.07) is 6.56. The van der Waals surface area contributed by atoms with Crippen molar-refractivity contribution in [1.82, 2.24) is 0 Å². The number of rotatable bonds is 4. The fraction of sp³-hybridized carbons (Fsp3) is 0.333. The van der Waals surface area contributed by atoms with Crippen LogP contribution in [0.25, 0.3) is 0 Å². The summed E-state index contributed by atoms with van der Waals surface area (Å²) in [5.41, 5.74) is 3.88. The second-order valence-electron chi connectivity index (χ2n) is 3.44. The third-order valence-electron chi connectivity index (χ3n) is 2.14. The standard InChI is InChI=1S/C12H16S2/c1-9(7-13)8-14-12-5-4-10(2)11(3)6-12/h4-6,13H,1,7-8H2,2-3H3. The summed E-state index contributed by atoms with van der Waals surface area (Å²) >= 11 is 6.01. The fourth-order valence-corrected chi connectivity index (χ4v) is 2.20. The van der Waals surface area contributed by atoms with E-state index in [-0.39, 0.29) is 0 Å². The maximum absolute atomic E-state index is 4.19. The molecular weight excluding hydrogens is 208 g/mol. The Morgan fingerprint density at radius 3 is 2.64 bits per heavy atom. The monoisotopic (exact) mass is 224 g/mol. The highest BCUT2D eigenvalue weighted by Gasteiger charge is 1.98. The van der Waals surface area contributed by atoms with Crippen LogP contribution in [0.15, 0.2) is 35.2 Å². The van der Waals surface area contributed by atoms with E-state index in [1.165, 1.54) is 21.6 Å². The van der Waals surface area contributed by atoms with Gasteiger partial charge in [0, 0.05) is 16.4 Å². The summed E-state index contributed by atoms with van der Waals surface area (Å²) in [4.78, 5) is 1.32. The molecule has 1 rings (SSSR count). The lowest BCUT2D eigenvalue weighted by Gasteiger charge is -2.05. The smallest absolute Gasteiger partial charge is 0.0196 e. The Labute approximate surface area is 96.2 Å². The Balaban J connectivity index is 2.60. The number of aryl methyl sites for hydroxylation is 2. The highest BCUT2D eigenvalue weighted by molar-refractivity contribution is 7.99. The Hall–Kier alpha value is -0.340. The highest BCUT2D eigenvalue weighted by atomic mass is 32.2. The van der Waals surface area contributed by atoms with Crippen LogP contribution in [0.1, 0.15) is 11.1 Å². The first-order chi connectivity index (χ1) is 6.63. The van der Waals surface area contributed by atoms with E-state index in [2.05, 4.69) is 51.3 Å². The first-order valence-corrected chi connectivity index (χ1v) is 6.23. The lowest BCUT2D eigenvalue weighted by atomic mass is 10.1. The molecule has 0 saturated carbocycles. The molecule has 0 aliphatic heterocycles. The largest absolute Gasteiger partial charge is 0.175 e. The van der Waals surface area contributed by atoms with Crippen LogP contribution < -0.4 is 0 Å². The van der Waals surface area contributed by atoms with Crippen LogP contribution in [0.2, 0.25) is 0 Å². The SMILES string of the molecule is C=C(CS)CSc1ccc(C)c(C)c1. The molecule has 1 aromatic rings. The summed E-state index contributed by atoms with van der Waals surface area (Å²) in [5, 5.41) is 0. The van der Waals surface area contributed by atoms with E-state index in [4.69, 9.17) is 0 Å². The van der Waals surface area contributed by atoms with E-state index >= 15 is 0 Å². The van der Waals surface area contributed by atoms with Gasteiger partial charge >= 0.3 is 0 Å². The van der Waals surface area contributed by atoms with Crippen molar-refractivity contribution < 1.29 is 0 Å². The normalized spacial score (nSPS) is 10.2. The molecule has 0 atom stereocenters. The second kappa shape index (κ2) is 5.52. The van der Waals surface area contributed by atoms with Crippen LogP contribution in [0.4, 0.5) is 0 Å². The van der Waals surface area contributed by atoms with Gasteiger partial charge in [0.25, 0.3) is 0 Å². The molecule has 0 bridgehead atoms. The van der Waals surface area contributed by atoms with Gasteiger partial charge in [0.2, 0.25) is 0 Å². The van der Waals surface area contributed by atoms with Gasteiger partial charge in [-0.15, -0.1) is 11.8 Å². The van der Waals surface area contributed by atoms with Gasteiger partial charge in [-0.25, -0.2) is 0 Å². The predicted molar refractivity (Wildman–Crippen MR) is 69.6 cm³/mol. The molecule has 0 radical (unpaired) electrons. The van der Waals surface area contributed by atoms with Crippen LogP contribution in [0, 0.1) is 13.8 Å². The number of benzene rings is 1. The number of thiol groups is 1. The van der Waals surface area contributed by atoms with Crippen LogP contribution >= 0.6 is 24.4 Å². The summed E-state index contributed by atoms with van der Waals surface area (Å²) < 4.78 is 0. The highest BCUT2D eigenvalue weighted by Crippen LogP contribution is 2.22. The van der Waals surface area contributed by atoms with Crippen LogP contribution in [0.3, 0.4) is 0 Å². The van der Waals surface area contributed by atoms with Gasteiger partial charge in [0.05, 0.1) is 0 Å². The molecular formula is C12H16S2. The third kappa shape index (κ3) is 3.43. The minimum atomic E-state index is 0.776. The van der Waals surface area contributed by atoms with E-state index in [0.29, 0.717) is 0 Å². The van der Waals surface area contributed by atoms with Crippen LogP contribution in [-0.2, 0) is 0 Å². The van der Waals surface area contributed by atoms with Crippen molar-refractivity contribution in [2.45, 2.75) is 18.7 Å². The Bertz CT molecular complexity index is 329. The third-order valence-corrected chi connectivity index (χ3v) is 3.73. The molecule has 0 N–H and O–H groups in total. The number of thioether (sulfide) groups is 1. The van der Waals surface area contributed by atoms with Crippen molar-refractivity contribution in [3.05, 3.63) is 41.5 Å². The van der Waals surface area contributed by atoms with Gasteiger partial charge in [-0.3, -0.25) is 0 Å². The topological polar surface area (TPSA) is 0 Å². The summed E-state index contributed by atoms with van der Waals surface area (Å²) in [6.45, 7) is 8.21. The van der Waals surface area contributed by atoms with Crippen molar-refractivity contribution in [2.24, 2.45) is 0 Å². The van der Waals surface area contributed by atoms with Crippen LogP contribution in [0.5, 0.6) is 0 Å². The van der Waals surface area contributed by atoms with Crippen LogP contribution in [-0.4, -0.2) is 11.5 Å². The first kappa shape index (κ1) is 11.7. The second-order valence-corrected chi connectivity index (χ2v) is 4.81. The molecule has 0 heterocycles. The number of hydrogen-bond donors (Lipinski definition) is 1. The van der Waals surface area contributed by atoms with E-state index in [1.54, 1.807) is 0 Å².